The Morgan fingerprint density at radius 2 is 1.86 bits per heavy atom. The number of aliphatic hydroxyl groups excluding tert-OH is 1. The molecule has 0 aromatic heterocycles. The maximum Gasteiger partial charge on any atom is 0.247 e. The second-order valence-corrected chi connectivity index (χ2v) is 12.8. The van der Waals surface area contributed by atoms with Crippen LogP contribution in [0.5, 0.6) is 0 Å². The third-order valence-electron chi connectivity index (χ3n) is 8.64. The van der Waals surface area contributed by atoms with Crippen molar-refractivity contribution in [1.82, 2.24) is 14.7 Å². The number of carbonyl (C=O) groups is 3. The van der Waals surface area contributed by atoms with E-state index in [0.717, 1.165) is 19.3 Å². The van der Waals surface area contributed by atoms with Crippen LogP contribution in [0.4, 0.5) is 0 Å². The molecule has 0 aromatic carbocycles. The molecule has 4 unspecified atom stereocenters. The fraction of sp³-hybridized carbons (Fsp3) is 0.750. The van der Waals surface area contributed by atoms with Gasteiger partial charge >= 0.3 is 0 Å². The van der Waals surface area contributed by atoms with Crippen LogP contribution in [0.25, 0.3) is 0 Å². The summed E-state index contributed by atoms with van der Waals surface area (Å²) >= 11 is 1.68. The number of rotatable bonds is 12. The van der Waals surface area contributed by atoms with Gasteiger partial charge in [0, 0.05) is 31.4 Å². The Bertz CT molecular complexity index is 879. The predicted molar refractivity (Wildman–Crippen MR) is 145 cm³/mol. The minimum absolute atomic E-state index is 0.00119. The number of hydrogen-bond donors (Lipinski definition) is 1. The van der Waals surface area contributed by atoms with Gasteiger partial charge < -0.3 is 19.8 Å². The van der Waals surface area contributed by atoms with Crippen molar-refractivity contribution in [2.75, 3.05) is 26.7 Å². The molecular weight excluding hydrogens is 474 g/mol. The average molecular weight is 520 g/mol. The van der Waals surface area contributed by atoms with Crippen LogP contribution >= 0.6 is 11.8 Å². The summed E-state index contributed by atoms with van der Waals surface area (Å²) in [4.78, 5) is 47.7. The number of fused-ring (bicyclic) bond motifs is 1. The summed E-state index contributed by atoms with van der Waals surface area (Å²) in [6, 6.07) is -1.22. The molecule has 8 heteroatoms. The summed E-state index contributed by atoms with van der Waals surface area (Å²) in [6.07, 6.45) is 6.01. The van der Waals surface area contributed by atoms with Gasteiger partial charge in [-0.3, -0.25) is 14.4 Å². The molecule has 202 valence electrons. The van der Waals surface area contributed by atoms with E-state index in [2.05, 4.69) is 27.0 Å². The smallest absolute Gasteiger partial charge is 0.247 e. The highest BCUT2D eigenvalue weighted by molar-refractivity contribution is 8.02. The molecular formula is C28H45N3O4S. The van der Waals surface area contributed by atoms with Crippen LogP contribution in [0.3, 0.4) is 0 Å². The molecule has 7 nitrogen and oxygen atoms in total. The minimum atomic E-state index is -0.721. The van der Waals surface area contributed by atoms with Gasteiger partial charge in [0.2, 0.25) is 17.7 Å². The van der Waals surface area contributed by atoms with Crippen LogP contribution in [0.15, 0.2) is 25.3 Å². The largest absolute Gasteiger partial charge is 0.394 e. The second-order valence-electron chi connectivity index (χ2n) is 11.2. The quantitative estimate of drug-likeness (QED) is 0.401. The van der Waals surface area contributed by atoms with E-state index in [0.29, 0.717) is 13.1 Å². The zero-order chi connectivity index (χ0) is 26.9. The number of aliphatic hydroxyl groups is 1. The van der Waals surface area contributed by atoms with Crippen LogP contribution in [0.2, 0.25) is 0 Å². The zero-order valence-electron chi connectivity index (χ0n) is 22.9. The molecule has 3 saturated heterocycles. The van der Waals surface area contributed by atoms with Gasteiger partial charge in [0.15, 0.2) is 0 Å². The third-order valence-corrected chi connectivity index (χ3v) is 10.7. The molecule has 1 N–H and O–H groups in total. The van der Waals surface area contributed by atoms with Crippen molar-refractivity contribution < 1.29 is 19.5 Å². The van der Waals surface area contributed by atoms with Crippen LogP contribution < -0.4 is 0 Å². The Morgan fingerprint density at radius 1 is 1.22 bits per heavy atom. The molecule has 3 amide bonds. The molecule has 2 bridgehead atoms. The number of likely N-dealkylation sites (tertiary alicyclic amines) is 1. The normalized spacial score (nSPS) is 32.4. The van der Waals surface area contributed by atoms with Crippen molar-refractivity contribution >= 4 is 29.5 Å². The molecule has 3 rings (SSSR count). The number of thioether (sulfide) groups is 1. The van der Waals surface area contributed by atoms with E-state index in [-0.39, 0.29) is 47.5 Å². The van der Waals surface area contributed by atoms with Crippen LogP contribution in [0, 0.1) is 23.7 Å². The van der Waals surface area contributed by atoms with Crippen molar-refractivity contribution in [3.05, 3.63) is 25.3 Å². The molecule has 36 heavy (non-hydrogen) atoms. The number of nitrogens with zero attached hydrogens (tertiary/aromatic N) is 3. The van der Waals surface area contributed by atoms with E-state index in [1.807, 2.05) is 25.7 Å². The van der Waals surface area contributed by atoms with E-state index in [4.69, 9.17) is 0 Å². The standard InChI is InChI=1S/C28H45N3O4S/c1-9-12-19(7)30(14-11-3)27(35)24-28-18(6)15-21(36-28)22(25(33)29(8)13-10-2)23(28)26(34)31(24)20(16-32)17(4)5/h10-11,17-24,32H,2-3,9,12-16H2,1,4-8H3/t18?,19?,20-,21-,22+,23-,24?,28?/m0/s1. The molecule has 1 spiro atoms. The topological polar surface area (TPSA) is 81.2 Å². The maximum absolute atomic E-state index is 14.5. The lowest BCUT2D eigenvalue weighted by Gasteiger charge is -2.44. The van der Waals surface area contributed by atoms with Gasteiger partial charge in [-0.05, 0) is 31.6 Å². The molecule has 0 aliphatic carbocycles. The Kier molecular flexibility index (Phi) is 9.03. The lowest BCUT2D eigenvalue weighted by atomic mass is 9.65. The van der Waals surface area contributed by atoms with Gasteiger partial charge in [0.25, 0.3) is 0 Å². The summed E-state index contributed by atoms with van der Waals surface area (Å²) in [5.41, 5.74) is 0. The summed E-state index contributed by atoms with van der Waals surface area (Å²) in [6.45, 7) is 18.4. The summed E-state index contributed by atoms with van der Waals surface area (Å²) in [5.74, 6) is -1.30. The fourth-order valence-electron chi connectivity index (χ4n) is 6.89. The van der Waals surface area contributed by atoms with Gasteiger partial charge in [-0.25, -0.2) is 0 Å². The van der Waals surface area contributed by atoms with Gasteiger partial charge in [0.1, 0.15) is 6.04 Å². The van der Waals surface area contributed by atoms with Gasteiger partial charge in [-0.2, -0.15) is 0 Å². The van der Waals surface area contributed by atoms with E-state index in [1.54, 1.807) is 40.8 Å². The molecule has 3 aliphatic rings. The lowest BCUT2D eigenvalue weighted by molar-refractivity contribution is -0.148. The summed E-state index contributed by atoms with van der Waals surface area (Å²) in [5, 5.41) is 10.4. The van der Waals surface area contributed by atoms with Crippen LogP contribution in [0.1, 0.15) is 53.9 Å². The Morgan fingerprint density at radius 3 is 2.39 bits per heavy atom. The van der Waals surface area contributed by atoms with Gasteiger partial charge in [-0.1, -0.05) is 46.3 Å². The first kappa shape index (κ1) is 28.8. The molecule has 8 atom stereocenters. The van der Waals surface area contributed by atoms with Gasteiger partial charge in [0.05, 0.1) is 29.2 Å². The molecule has 3 fully saturated rings. The Balaban J connectivity index is 2.16. The number of hydrogen-bond acceptors (Lipinski definition) is 5. The molecule has 0 saturated carbocycles. The molecule has 0 aromatic rings. The molecule has 0 radical (unpaired) electrons. The first-order valence-corrected chi connectivity index (χ1v) is 14.3. The van der Waals surface area contributed by atoms with E-state index >= 15 is 0 Å². The summed E-state index contributed by atoms with van der Waals surface area (Å²) < 4.78 is -0.693. The first-order valence-electron chi connectivity index (χ1n) is 13.4. The number of carbonyl (C=O) groups excluding carboxylic acids is 3. The molecule has 3 aliphatic heterocycles. The first-order chi connectivity index (χ1) is 17.0. The number of likely N-dealkylation sites (N-methyl/N-ethyl adjacent to an activating group) is 1. The second kappa shape index (κ2) is 11.3. The summed E-state index contributed by atoms with van der Waals surface area (Å²) in [7, 11) is 1.75. The highest BCUT2D eigenvalue weighted by atomic mass is 32.2. The van der Waals surface area contributed by atoms with E-state index < -0.39 is 28.7 Å². The van der Waals surface area contributed by atoms with Crippen molar-refractivity contribution in [1.29, 1.82) is 0 Å². The monoisotopic (exact) mass is 519 g/mol. The highest BCUT2D eigenvalue weighted by Crippen LogP contribution is 2.69. The zero-order valence-corrected chi connectivity index (χ0v) is 23.7. The van der Waals surface area contributed by atoms with Crippen LogP contribution in [-0.2, 0) is 14.4 Å². The fourth-order valence-corrected chi connectivity index (χ4v) is 9.29. The van der Waals surface area contributed by atoms with Crippen molar-refractivity contribution in [2.45, 2.75) is 82.0 Å². The molecule has 3 heterocycles. The lowest BCUT2D eigenvalue weighted by Crippen LogP contribution is -2.61. The van der Waals surface area contributed by atoms with E-state index in [1.165, 1.54) is 0 Å². The Hall–Kier alpha value is -1.80. The average Bonchev–Trinajstić information content (AvgIpc) is 3.41. The van der Waals surface area contributed by atoms with Gasteiger partial charge in [-0.15, -0.1) is 24.9 Å². The maximum atomic E-state index is 14.5. The van der Waals surface area contributed by atoms with Crippen molar-refractivity contribution in [2.24, 2.45) is 23.7 Å². The SMILES string of the molecule is C=CCN(C)C(=O)[C@@H]1[C@@H]2CC(C)C3(S2)C(C(=O)N(CC=C)C(C)CCC)N([C@@H](CO)C(C)C)C(=O)[C@H]13. The van der Waals surface area contributed by atoms with Crippen molar-refractivity contribution in [3.63, 3.8) is 0 Å². The highest BCUT2D eigenvalue weighted by Gasteiger charge is 2.77. The minimum Gasteiger partial charge on any atom is -0.394 e. The van der Waals surface area contributed by atoms with Crippen molar-refractivity contribution in [3.8, 4) is 0 Å². The van der Waals surface area contributed by atoms with Crippen LogP contribution in [-0.4, -0.2) is 92.4 Å². The van der Waals surface area contributed by atoms with E-state index in [9.17, 15) is 19.5 Å². The Labute approximate surface area is 221 Å². The third kappa shape index (κ3) is 4.42. The number of amides is 3. The predicted octanol–water partition coefficient (Wildman–Crippen LogP) is 3.19.